The molecule has 94 valence electrons. The van der Waals surface area contributed by atoms with Crippen molar-refractivity contribution in [2.75, 3.05) is 19.4 Å². The fourth-order valence-corrected chi connectivity index (χ4v) is 3.48. The zero-order valence-electron chi connectivity index (χ0n) is 10.3. The quantitative estimate of drug-likeness (QED) is 0.623. The van der Waals surface area contributed by atoms with Crippen molar-refractivity contribution in [3.63, 3.8) is 0 Å². The van der Waals surface area contributed by atoms with Crippen molar-refractivity contribution < 1.29 is 14.2 Å². The van der Waals surface area contributed by atoms with Gasteiger partial charge >= 0.3 is 0 Å². The first-order chi connectivity index (χ1) is 7.98. The van der Waals surface area contributed by atoms with Crippen LogP contribution >= 0.6 is 7.37 Å². The van der Waals surface area contributed by atoms with E-state index in [1.807, 2.05) is 13.0 Å². The first kappa shape index (κ1) is 14.0. The molecule has 1 N–H and O–H groups in total. The molecule has 0 aromatic heterocycles. The summed E-state index contributed by atoms with van der Waals surface area (Å²) in [6.07, 6.45) is 2.15. The largest absolute Gasteiger partial charge is 0.508 e. The molecule has 0 saturated carbocycles. The van der Waals surface area contributed by atoms with Crippen molar-refractivity contribution >= 4 is 7.37 Å². The molecule has 0 aliphatic carbocycles. The average Bonchev–Trinajstić information content (AvgIpc) is 2.26. The van der Waals surface area contributed by atoms with E-state index >= 15 is 0 Å². The molecule has 0 aliphatic rings. The predicted molar refractivity (Wildman–Crippen MR) is 71.1 cm³/mol. The van der Waals surface area contributed by atoms with Crippen molar-refractivity contribution in [2.24, 2.45) is 0 Å². The van der Waals surface area contributed by atoms with E-state index in [1.165, 1.54) is 0 Å². The molecule has 0 heterocycles. The Kier molecular flexibility index (Phi) is 4.98. The minimum absolute atomic E-state index is 0.0653. The summed E-state index contributed by atoms with van der Waals surface area (Å²) in [5.74, 6) is 0.140. The van der Waals surface area contributed by atoms with Crippen LogP contribution in [0.4, 0.5) is 0 Å². The maximum Gasteiger partial charge on any atom is 0.201 e. The van der Waals surface area contributed by atoms with E-state index in [2.05, 4.69) is 6.58 Å². The molecule has 1 aromatic carbocycles. The van der Waals surface area contributed by atoms with Gasteiger partial charge in [-0.05, 0) is 24.6 Å². The standard InChI is InChI=1S/C13H19O3P/c1-4-11(10-17(3,15)16-5-2)12-7-6-8-13(14)9-12/h4,6-9,11,14H,1,5,10H2,2-3H3. The van der Waals surface area contributed by atoms with Crippen LogP contribution in [0.5, 0.6) is 5.75 Å². The van der Waals surface area contributed by atoms with Gasteiger partial charge in [0, 0.05) is 18.7 Å². The molecular weight excluding hydrogens is 235 g/mol. The molecule has 0 saturated heterocycles. The molecule has 2 atom stereocenters. The van der Waals surface area contributed by atoms with Gasteiger partial charge in [-0.15, -0.1) is 6.58 Å². The molecule has 0 amide bonds. The van der Waals surface area contributed by atoms with Crippen LogP contribution in [0.15, 0.2) is 36.9 Å². The van der Waals surface area contributed by atoms with Gasteiger partial charge in [-0.2, -0.15) is 0 Å². The van der Waals surface area contributed by atoms with E-state index in [9.17, 15) is 9.67 Å². The Balaban J connectivity index is 2.86. The van der Waals surface area contributed by atoms with Gasteiger partial charge in [-0.1, -0.05) is 18.2 Å². The van der Waals surface area contributed by atoms with Crippen LogP contribution in [0.2, 0.25) is 0 Å². The first-order valence-corrected chi connectivity index (χ1v) is 7.87. The number of benzene rings is 1. The molecule has 1 aromatic rings. The molecule has 0 radical (unpaired) electrons. The second-order valence-corrected chi connectivity index (χ2v) is 6.70. The van der Waals surface area contributed by atoms with Crippen LogP contribution in [-0.2, 0) is 9.09 Å². The second kappa shape index (κ2) is 6.04. The summed E-state index contributed by atoms with van der Waals surface area (Å²) in [4.78, 5) is 0. The van der Waals surface area contributed by atoms with Crippen molar-refractivity contribution in [3.8, 4) is 5.75 Å². The van der Waals surface area contributed by atoms with Gasteiger partial charge in [0.25, 0.3) is 0 Å². The summed E-state index contributed by atoms with van der Waals surface area (Å²) in [5.41, 5.74) is 0.904. The Labute approximate surface area is 103 Å². The summed E-state index contributed by atoms with van der Waals surface area (Å²) in [5, 5.41) is 9.42. The van der Waals surface area contributed by atoms with E-state index in [4.69, 9.17) is 4.52 Å². The molecule has 0 fully saturated rings. The molecule has 2 unspecified atom stereocenters. The summed E-state index contributed by atoms with van der Waals surface area (Å²) < 4.78 is 17.4. The lowest BCUT2D eigenvalue weighted by Crippen LogP contribution is -2.04. The first-order valence-electron chi connectivity index (χ1n) is 5.61. The van der Waals surface area contributed by atoms with Crippen LogP contribution < -0.4 is 0 Å². The van der Waals surface area contributed by atoms with Crippen molar-refractivity contribution in [2.45, 2.75) is 12.8 Å². The molecule has 17 heavy (non-hydrogen) atoms. The summed E-state index contributed by atoms with van der Waals surface area (Å²) in [6, 6.07) is 6.93. The highest BCUT2D eigenvalue weighted by Gasteiger charge is 2.21. The lowest BCUT2D eigenvalue weighted by molar-refractivity contribution is 0.336. The summed E-state index contributed by atoms with van der Waals surface area (Å²) in [7, 11) is -2.60. The van der Waals surface area contributed by atoms with Crippen LogP contribution in [0, 0.1) is 0 Å². The van der Waals surface area contributed by atoms with Gasteiger partial charge in [0.2, 0.25) is 7.37 Å². The Morgan fingerprint density at radius 2 is 2.29 bits per heavy atom. The Morgan fingerprint density at radius 1 is 1.59 bits per heavy atom. The topological polar surface area (TPSA) is 46.5 Å². The highest BCUT2D eigenvalue weighted by atomic mass is 31.2. The monoisotopic (exact) mass is 254 g/mol. The summed E-state index contributed by atoms with van der Waals surface area (Å²) in [6.45, 7) is 7.66. The van der Waals surface area contributed by atoms with E-state index in [1.54, 1.807) is 30.9 Å². The number of hydrogen-bond acceptors (Lipinski definition) is 3. The fraction of sp³-hybridized carbons (Fsp3) is 0.385. The van der Waals surface area contributed by atoms with Gasteiger partial charge in [0.1, 0.15) is 5.75 Å². The minimum Gasteiger partial charge on any atom is -0.508 e. The number of allylic oxidation sites excluding steroid dienone is 1. The number of aromatic hydroxyl groups is 1. The Bertz CT molecular complexity index is 428. The molecule has 0 aliphatic heterocycles. The third-order valence-corrected chi connectivity index (χ3v) is 4.37. The molecule has 3 nitrogen and oxygen atoms in total. The van der Waals surface area contributed by atoms with E-state index in [-0.39, 0.29) is 11.7 Å². The number of phenols is 1. The zero-order chi connectivity index (χ0) is 12.9. The lowest BCUT2D eigenvalue weighted by Gasteiger charge is -2.18. The molecule has 0 spiro atoms. The highest BCUT2D eigenvalue weighted by Crippen LogP contribution is 2.46. The highest BCUT2D eigenvalue weighted by molar-refractivity contribution is 7.58. The van der Waals surface area contributed by atoms with Gasteiger partial charge in [0.15, 0.2) is 0 Å². The smallest absolute Gasteiger partial charge is 0.201 e. The molecule has 4 heteroatoms. The van der Waals surface area contributed by atoms with E-state index in [0.29, 0.717) is 12.8 Å². The fourth-order valence-electron chi connectivity index (χ4n) is 1.75. The van der Waals surface area contributed by atoms with Gasteiger partial charge in [-0.25, -0.2) is 0 Å². The third kappa shape index (κ3) is 4.37. The number of phenolic OH excluding ortho intramolecular Hbond substituents is 1. The minimum atomic E-state index is -2.60. The van der Waals surface area contributed by atoms with Gasteiger partial charge in [-0.3, -0.25) is 4.57 Å². The van der Waals surface area contributed by atoms with Crippen LogP contribution in [0.3, 0.4) is 0 Å². The van der Waals surface area contributed by atoms with Gasteiger partial charge < -0.3 is 9.63 Å². The molecule has 1 rings (SSSR count). The molecular formula is C13H19O3P. The van der Waals surface area contributed by atoms with E-state index in [0.717, 1.165) is 5.56 Å². The number of hydrogen-bond donors (Lipinski definition) is 1. The maximum absolute atomic E-state index is 12.1. The lowest BCUT2D eigenvalue weighted by atomic mass is 10.0. The zero-order valence-corrected chi connectivity index (χ0v) is 11.2. The van der Waals surface area contributed by atoms with E-state index < -0.39 is 7.37 Å². The summed E-state index contributed by atoms with van der Waals surface area (Å²) >= 11 is 0. The van der Waals surface area contributed by atoms with Crippen LogP contribution in [0.1, 0.15) is 18.4 Å². The van der Waals surface area contributed by atoms with Crippen LogP contribution in [0.25, 0.3) is 0 Å². The normalized spacial score (nSPS) is 16.1. The maximum atomic E-state index is 12.1. The van der Waals surface area contributed by atoms with Crippen molar-refractivity contribution in [3.05, 3.63) is 42.5 Å². The Morgan fingerprint density at radius 3 is 2.82 bits per heavy atom. The van der Waals surface area contributed by atoms with Crippen molar-refractivity contribution in [1.82, 2.24) is 0 Å². The Hall–Kier alpha value is -1.05. The third-order valence-electron chi connectivity index (χ3n) is 2.51. The SMILES string of the molecule is C=CC(CP(C)(=O)OCC)c1cccc(O)c1. The predicted octanol–water partition coefficient (Wildman–Crippen LogP) is 3.61. The van der Waals surface area contributed by atoms with Crippen LogP contribution in [-0.4, -0.2) is 24.5 Å². The second-order valence-electron chi connectivity index (χ2n) is 4.05. The average molecular weight is 254 g/mol. The van der Waals surface area contributed by atoms with Crippen molar-refractivity contribution in [1.29, 1.82) is 0 Å². The van der Waals surface area contributed by atoms with Gasteiger partial charge in [0.05, 0.1) is 6.61 Å². The number of rotatable bonds is 6. The molecule has 0 bridgehead atoms.